The van der Waals surface area contributed by atoms with E-state index in [9.17, 15) is 13.2 Å². The van der Waals surface area contributed by atoms with Gasteiger partial charge >= 0.3 is 0 Å². The fraction of sp³-hybridized carbons (Fsp3) is 0.312. The number of fused-ring (bicyclic) bond motifs is 1. The summed E-state index contributed by atoms with van der Waals surface area (Å²) in [6.45, 7) is 0. The lowest BCUT2D eigenvalue weighted by Gasteiger charge is -2.09. The summed E-state index contributed by atoms with van der Waals surface area (Å²) in [5.74, 6) is 0.234. The largest absolute Gasteiger partial charge is 0.410 e. The molecule has 1 N–H and O–H groups in total. The van der Waals surface area contributed by atoms with Gasteiger partial charge < -0.3 is 9.73 Å². The molecular formula is C16H14ClN3O4S3. The molecule has 1 aromatic carbocycles. The fourth-order valence-corrected chi connectivity index (χ4v) is 6.50. The highest BCUT2D eigenvalue weighted by molar-refractivity contribution is 7.99. The lowest BCUT2D eigenvalue weighted by atomic mass is 10.2. The molecule has 1 fully saturated rings. The Morgan fingerprint density at radius 1 is 1.37 bits per heavy atom. The molecule has 1 atom stereocenters. The molecule has 1 amide bonds. The van der Waals surface area contributed by atoms with Crippen LogP contribution in [0.4, 0.5) is 0 Å². The summed E-state index contributed by atoms with van der Waals surface area (Å²) in [4.78, 5) is 12.7. The van der Waals surface area contributed by atoms with Gasteiger partial charge in [-0.3, -0.25) is 4.79 Å². The highest BCUT2D eigenvalue weighted by Crippen LogP contribution is 2.41. The average Bonchev–Trinajstić information content (AvgIpc) is 3.31. The Morgan fingerprint density at radius 3 is 2.93 bits per heavy atom. The smallest absolute Gasteiger partial charge is 0.277 e. The first-order chi connectivity index (χ1) is 12.9. The zero-order valence-electron chi connectivity index (χ0n) is 13.8. The van der Waals surface area contributed by atoms with Gasteiger partial charge in [-0.05, 0) is 12.5 Å². The van der Waals surface area contributed by atoms with E-state index in [1.54, 1.807) is 0 Å². The number of halogens is 1. The quantitative estimate of drug-likeness (QED) is 0.604. The van der Waals surface area contributed by atoms with Crippen molar-refractivity contribution in [1.29, 1.82) is 0 Å². The van der Waals surface area contributed by atoms with Crippen LogP contribution in [-0.4, -0.2) is 47.8 Å². The van der Waals surface area contributed by atoms with E-state index in [2.05, 4.69) is 15.5 Å². The Bertz CT molecular complexity index is 1110. The van der Waals surface area contributed by atoms with E-state index in [-0.39, 0.29) is 34.4 Å². The summed E-state index contributed by atoms with van der Waals surface area (Å²) < 4.78 is 29.5. The molecule has 7 nitrogen and oxygen atoms in total. The number of thiophene rings is 1. The van der Waals surface area contributed by atoms with Crippen molar-refractivity contribution in [2.75, 3.05) is 17.3 Å². The SMILES string of the molecule is O=C(CSc1nnc(-c2sc3ccccc3c2Cl)o1)N[C@H]1CCS(=O)(=O)C1. The fourth-order valence-electron chi connectivity index (χ4n) is 2.82. The van der Waals surface area contributed by atoms with Gasteiger partial charge in [0.05, 0.1) is 22.3 Å². The lowest BCUT2D eigenvalue weighted by molar-refractivity contribution is -0.119. The first-order valence-electron chi connectivity index (χ1n) is 8.05. The molecule has 1 aliphatic rings. The number of sulfone groups is 1. The van der Waals surface area contributed by atoms with Gasteiger partial charge in [0, 0.05) is 16.1 Å². The van der Waals surface area contributed by atoms with E-state index in [1.165, 1.54) is 11.3 Å². The van der Waals surface area contributed by atoms with Crippen molar-refractivity contribution in [3.8, 4) is 10.8 Å². The molecule has 0 aliphatic carbocycles. The summed E-state index contributed by atoms with van der Waals surface area (Å²) in [5.41, 5.74) is 0. The van der Waals surface area contributed by atoms with Crippen LogP contribution in [0.15, 0.2) is 33.9 Å². The van der Waals surface area contributed by atoms with E-state index in [0.29, 0.717) is 22.2 Å². The topological polar surface area (TPSA) is 102 Å². The molecule has 27 heavy (non-hydrogen) atoms. The summed E-state index contributed by atoms with van der Waals surface area (Å²) in [6.07, 6.45) is 0.452. The van der Waals surface area contributed by atoms with Crippen molar-refractivity contribution >= 4 is 60.5 Å². The molecule has 1 saturated heterocycles. The van der Waals surface area contributed by atoms with E-state index < -0.39 is 9.84 Å². The number of carbonyl (C=O) groups is 1. The number of rotatable bonds is 5. The van der Waals surface area contributed by atoms with Gasteiger partial charge in [-0.15, -0.1) is 21.5 Å². The monoisotopic (exact) mass is 443 g/mol. The second-order valence-electron chi connectivity index (χ2n) is 6.07. The number of thioether (sulfide) groups is 1. The molecule has 4 rings (SSSR count). The molecule has 3 heterocycles. The minimum absolute atomic E-state index is 0.00144. The Labute approximate surface area is 168 Å². The van der Waals surface area contributed by atoms with Gasteiger partial charge in [-0.2, -0.15) is 0 Å². The maximum Gasteiger partial charge on any atom is 0.277 e. The van der Waals surface area contributed by atoms with Gasteiger partial charge in [0.15, 0.2) is 9.84 Å². The second kappa shape index (κ2) is 7.42. The summed E-state index contributed by atoms with van der Waals surface area (Å²) in [5, 5.41) is 12.4. The first-order valence-corrected chi connectivity index (χ1v) is 12.0. The molecular weight excluding hydrogens is 430 g/mol. The van der Waals surface area contributed by atoms with Crippen LogP contribution in [0.25, 0.3) is 20.9 Å². The third kappa shape index (κ3) is 4.13. The third-order valence-corrected chi connectivity index (χ3v) is 8.31. The highest BCUT2D eigenvalue weighted by Gasteiger charge is 2.29. The number of benzene rings is 1. The van der Waals surface area contributed by atoms with Gasteiger partial charge in [0.1, 0.15) is 4.88 Å². The zero-order valence-corrected chi connectivity index (χ0v) is 17.1. The summed E-state index contributed by atoms with van der Waals surface area (Å²) in [6, 6.07) is 7.42. The molecule has 142 valence electrons. The standard InChI is InChI=1S/C16H14ClN3O4S3/c17-13-10-3-1-2-4-11(10)26-14(13)15-19-20-16(24-15)25-7-12(21)18-9-5-6-27(22,23)8-9/h1-4,9H,5-8H2,(H,18,21)/t9-/m0/s1. The van der Waals surface area contributed by atoms with Gasteiger partial charge in [-0.25, -0.2) is 8.42 Å². The van der Waals surface area contributed by atoms with Crippen LogP contribution in [-0.2, 0) is 14.6 Å². The Kier molecular flexibility index (Phi) is 5.15. The number of nitrogens with zero attached hydrogens (tertiary/aromatic N) is 2. The first kappa shape index (κ1) is 18.7. The van der Waals surface area contributed by atoms with E-state index in [4.69, 9.17) is 16.0 Å². The molecule has 1 aliphatic heterocycles. The number of aromatic nitrogens is 2. The third-order valence-electron chi connectivity index (χ3n) is 4.06. The van der Waals surface area contributed by atoms with Crippen LogP contribution in [0.2, 0.25) is 5.02 Å². The number of amides is 1. The average molecular weight is 444 g/mol. The maximum absolute atomic E-state index is 12.0. The molecule has 0 bridgehead atoms. The predicted octanol–water partition coefficient (Wildman–Crippen LogP) is 3.00. The van der Waals surface area contributed by atoms with E-state index in [0.717, 1.165) is 21.8 Å². The summed E-state index contributed by atoms with van der Waals surface area (Å²) in [7, 11) is -3.02. The minimum Gasteiger partial charge on any atom is -0.410 e. The van der Waals surface area contributed by atoms with E-state index in [1.807, 2.05) is 24.3 Å². The predicted molar refractivity (Wildman–Crippen MR) is 106 cm³/mol. The molecule has 0 radical (unpaired) electrons. The molecule has 3 aromatic rings. The number of hydrogen-bond donors (Lipinski definition) is 1. The van der Waals surface area contributed by atoms with Crippen LogP contribution in [0.1, 0.15) is 6.42 Å². The highest BCUT2D eigenvalue weighted by atomic mass is 35.5. The van der Waals surface area contributed by atoms with Crippen molar-refractivity contribution in [2.45, 2.75) is 17.7 Å². The second-order valence-corrected chi connectivity index (χ2v) is 10.7. The lowest BCUT2D eigenvalue weighted by Crippen LogP contribution is -2.36. The van der Waals surface area contributed by atoms with Crippen LogP contribution in [0.5, 0.6) is 0 Å². The van der Waals surface area contributed by atoms with Gasteiger partial charge in [-0.1, -0.05) is 41.6 Å². The Morgan fingerprint density at radius 2 is 2.19 bits per heavy atom. The Hall–Kier alpha value is -1.62. The van der Waals surface area contributed by atoms with Crippen molar-refractivity contribution in [3.63, 3.8) is 0 Å². The van der Waals surface area contributed by atoms with E-state index >= 15 is 0 Å². The van der Waals surface area contributed by atoms with Gasteiger partial charge in [0.2, 0.25) is 5.91 Å². The number of hydrogen-bond acceptors (Lipinski definition) is 8. The molecule has 0 spiro atoms. The van der Waals surface area contributed by atoms with Crippen LogP contribution < -0.4 is 5.32 Å². The molecule has 2 aromatic heterocycles. The van der Waals surface area contributed by atoms with Crippen LogP contribution >= 0.6 is 34.7 Å². The van der Waals surface area contributed by atoms with Gasteiger partial charge in [0.25, 0.3) is 11.1 Å². The van der Waals surface area contributed by atoms with Crippen molar-refractivity contribution < 1.29 is 17.6 Å². The summed E-state index contributed by atoms with van der Waals surface area (Å²) >= 11 is 8.97. The molecule has 0 unspecified atom stereocenters. The normalized spacial score (nSPS) is 18.8. The molecule has 0 saturated carbocycles. The number of nitrogens with one attached hydrogen (secondary N) is 1. The van der Waals surface area contributed by atoms with Crippen molar-refractivity contribution in [2.24, 2.45) is 0 Å². The van der Waals surface area contributed by atoms with Crippen molar-refractivity contribution in [3.05, 3.63) is 29.3 Å². The van der Waals surface area contributed by atoms with Crippen LogP contribution in [0, 0.1) is 0 Å². The maximum atomic E-state index is 12.0. The zero-order chi connectivity index (χ0) is 19.0. The molecule has 11 heteroatoms. The minimum atomic E-state index is -3.02. The van der Waals surface area contributed by atoms with Crippen molar-refractivity contribution in [1.82, 2.24) is 15.5 Å². The van der Waals surface area contributed by atoms with Crippen LogP contribution in [0.3, 0.4) is 0 Å². The number of carbonyl (C=O) groups excluding carboxylic acids is 1. The Balaban J connectivity index is 1.39.